The first-order valence-corrected chi connectivity index (χ1v) is 10.7. The lowest BCUT2D eigenvalue weighted by molar-refractivity contribution is -0.134. The molecule has 5 rings (SSSR count). The van der Waals surface area contributed by atoms with Crippen molar-refractivity contribution in [3.63, 3.8) is 0 Å². The highest BCUT2D eigenvalue weighted by molar-refractivity contribution is 7.10. The summed E-state index contributed by atoms with van der Waals surface area (Å²) in [5.74, 6) is 0.774. The van der Waals surface area contributed by atoms with E-state index in [0.29, 0.717) is 37.7 Å². The highest BCUT2D eigenvalue weighted by atomic mass is 32.1. The fourth-order valence-electron chi connectivity index (χ4n) is 3.75. The van der Waals surface area contributed by atoms with E-state index in [2.05, 4.69) is 20.2 Å². The van der Waals surface area contributed by atoms with Gasteiger partial charge in [0.15, 0.2) is 0 Å². The third kappa shape index (κ3) is 3.12. The molecule has 1 saturated carbocycles. The van der Waals surface area contributed by atoms with E-state index < -0.39 is 0 Å². The van der Waals surface area contributed by atoms with Crippen molar-refractivity contribution < 1.29 is 9.59 Å². The van der Waals surface area contributed by atoms with Gasteiger partial charge in [-0.2, -0.15) is 8.75 Å². The summed E-state index contributed by atoms with van der Waals surface area (Å²) in [4.78, 5) is 30.6. The van der Waals surface area contributed by atoms with Gasteiger partial charge in [0.2, 0.25) is 5.91 Å². The molecule has 0 radical (unpaired) electrons. The monoisotopic (exact) mass is 398 g/mol. The molecule has 1 saturated heterocycles. The zero-order valence-corrected chi connectivity index (χ0v) is 16.2. The van der Waals surface area contributed by atoms with Crippen LogP contribution >= 0.6 is 23.1 Å². The lowest BCUT2D eigenvalue weighted by Gasteiger charge is -2.35. The SMILES string of the molecule is O=C(c1ccc2nsnc2c1)N1CCN(C(=O)[C@H]2C[C@@H]2c2cccs2)CC1. The zero-order valence-electron chi connectivity index (χ0n) is 14.6. The van der Waals surface area contributed by atoms with Crippen LogP contribution in [-0.2, 0) is 4.79 Å². The number of carbonyl (C=O) groups excluding carboxylic acids is 2. The van der Waals surface area contributed by atoms with Crippen LogP contribution in [0.2, 0.25) is 0 Å². The number of aromatic nitrogens is 2. The Bertz CT molecular complexity index is 992. The minimum absolute atomic E-state index is 0.000108. The molecular formula is C19H18N4O2S2. The van der Waals surface area contributed by atoms with E-state index in [4.69, 9.17) is 0 Å². The molecule has 3 aromatic rings. The number of piperazine rings is 1. The first-order valence-electron chi connectivity index (χ1n) is 9.04. The standard InChI is InChI=1S/C19H18N4O2S2/c24-18(12-3-4-15-16(10-12)21-27-20-15)22-5-7-23(8-6-22)19(25)14-11-13(14)17-2-1-9-26-17/h1-4,9-10,13-14H,5-8,11H2/t13-,14-/m0/s1. The average molecular weight is 399 g/mol. The van der Waals surface area contributed by atoms with Gasteiger partial charge < -0.3 is 9.80 Å². The highest BCUT2D eigenvalue weighted by Crippen LogP contribution is 2.50. The van der Waals surface area contributed by atoms with Gasteiger partial charge in [0, 0.05) is 48.5 Å². The summed E-state index contributed by atoms with van der Waals surface area (Å²) < 4.78 is 8.37. The number of amides is 2. The van der Waals surface area contributed by atoms with Gasteiger partial charge in [-0.05, 0) is 36.1 Å². The van der Waals surface area contributed by atoms with Crippen LogP contribution in [-0.4, -0.2) is 56.5 Å². The van der Waals surface area contributed by atoms with Crippen LogP contribution in [0.1, 0.15) is 27.6 Å². The quantitative estimate of drug-likeness (QED) is 0.680. The maximum absolute atomic E-state index is 12.8. The fraction of sp³-hybridized carbons (Fsp3) is 0.368. The van der Waals surface area contributed by atoms with Crippen LogP contribution in [0.5, 0.6) is 0 Å². The Morgan fingerprint density at radius 2 is 1.78 bits per heavy atom. The molecule has 2 aromatic heterocycles. The topological polar surface area (TPSA) is 66.4 Å². The lowest BCUT2D eigenvalue weighted by Crippen LogP contribution is -2.51. The van der Waals surface area contributed by atoms with Gasteiger partial charge in [-0.1, -0.05) is 6.07 Å². The molecule has 3 heterocycles. The van der Waals surface area contributed by atoms with Crippen molar-refractivity contribution in [1.82, 2.24) is 18.5 Å². The minimum atomic E-state index is -0.000108. The van der Waals surface area contributed by atoms with Crippen molar-refractivity contribution in [2.75, 3.05) is 26.2 Å². The number of nitrogens with zero attached hydrogens (tertiary/aromatic N) is 4. The second kappa shape index (κ2) is 6.69. The maximum Gasteiger partial charge on any atom is 0.254 e. The molecule has 2 atom stereocenters. The number of hydrogen-bond donors (Lipinski definition) is 0. The van der Waals surface area contributed by atoms with E-state index in [1.54, 1.807) is 23.5 Å². The number of fused-ring (bicyclic) bond motifs is 1. The third-order valence-electron chi connectivity index (χ3n) is 5.40. The van der Waals surface area contributed by atoms with Gasteiger partial charge in [-0.25, -0.2) is 0 Å². The molecule has 2 aliphatic rings. The van der Waals surface area contributed by atoms with E-state index in [1.165, 1.54) is 4.88 Å². The van der Waals surface area contributed by atoms with Crippen molar-refractivity contribution in [2.45, 2.75) is 12.3 Å². The molecule has 0 bridgehead atoms. The van der Waals surface area contributed by atoms with E-state index >= 15 is 0 Å². The minimum Gasteiger partial charge on any atom is -0.339 e. The Morgan fingerprint density at radius 3 is 2.56 bits per heavy atom. The van der Waals surface area contributed by atoms with E-state index in [9.17, 15) is 9.59 Å². The zero-order chi connectivity index (χ0) is 18.4. The van der Waals surface area contributed by atoms with Crippen molar-refractivity contribution in [1.29, 1.82) is 0 Å². The van der Waals surface area contributed by atoms with Crippen molar-refractivity contribution in [3.05, 3.63) is 46.2 Å². The highest BCUT2D eigenvalue weighted by Gasteiger charge is 2.46. The summed E-state index contributed by atoms with van der Waals surface area (Å²) in [6.07, 6.45) is 0.959. The molecule has 8 heteroatoms. The summed E-state index contributed by atoms with van der Waals surface area (Å²) in [6.45, 7) is 2.38. The first-order chi connectivity index (χ1) is 13.2. The van der Waals surface area contributed by atoms with Crippen molar-refractivity contribution in [2.24, 2.45) is 5.92 Å². The normalized spacial score (nSPS) is 22.2. The summed E-state index contributed by atoms with van der Waals surface area (Å²) >= 11 is 2.88. The van der Waals surface area contributed by atoms with Crippen LogP contribution in [0.3, 0.4) is 0 Å². The average Bonchev–Trinajstić information content (AvgIpc) is 3.10. The number of hydrogen-bond acceptors (Lipinski definition) is 6. The molecule has 27 heavy (non-hydrogen) atoms. The number of rotatable bonds is 3. The van der Waals surface area contributed by atoms with Crippen LogP contribution in [0.25, 0.3) is 11.0 Å². The predicted molar refractivity (Wildman–Crippen MR) is 105 cm³/mol. The Morgan fingerprint density at radius 1 is 1.00 bits per heavy atom. The smallest absolute Gasteiger partial charge is 0.254 e. The second-order valence-corrected chi connectivity index (χ2v) is 8.56. The summed E-state index contributed by atoms with van der Waals surface area (Å²) in [5.41, 5.74) is 2.21. The van der Waals surface area contributed by atoms with Crippen LogP contribution in [0.15, 0.2) is 35.7 Å². The molecule has 0 unspecified atom stereocenters. The lowest BCUT2D eigenvalue weighted by atomic mass is 10.1. The van der Waals surface area contributed by atoms with Gasteiger partial charge in [-0.15, -0.1) is 11.3 Å². The second-order valence-electron chi connectivity index (χ2n) is 7.05. The largest absolute Gasteiger partial charge is 0.339 e. The summed E-state index contributed by atoms with van der Waals surface area (Å²) in [5, 5.41) is 2.07. The number of benzene rings is 1. The molecule has 1 aromatic carbocycles. The number of carbonyl (C=O) groups is 2. The molecular weight excluding hydrogens is 380 g/mol. The molecule has 2 amide bonds. The van der Waals surface area contributed by atoms with Crippen molar-refractivity contribution in [3.8, 4) is 0 Å². The number of thiophene rings is 1. The maximum atomic E-state index is 12.8. The molecule has 1 aliphatic carbocycles. The molecule has 0 N–H and O–H groups in total. The first kappa shape index (κ1) is 16.8. The summed E-state index contributed by atoms with van der Waals surface area (Å²) in [7, 11) is 0. The van der Waals surface area contributed by atoms with E-state index in [-0.39, 0.29) is 17.7 Å². The predicted octanol–water partition coefficient (Wildman–Crippen LogP) is 2.84. The van der Waals surface area contributed by atoms with Crippen LogP contribution < -0.4 is 0 Å². The van der Waals surface area contributed by atoms with Gasteiger partial charge in [0.25, 0.3) is 5.91 Å². The van der Waals surface area contributed by atoms with Gasteiger partial charge in [0.05, 0.1) is 11.7 Å². The Hall–Kier alpha value is -2.32. The van der Waals surface area contributed by atoms with Gasteiger partial charge in [-0.3, -0.25) is 9.59 Å². The van der Waals surface area contributed by atoms with Crippen LogP contribution in [0.4, 0.5) is 0 Å². The third-order valence-corrected chi connectivity index (χ3v) is 6.96. The molecule has 2 fully saturated rings. The van der Waals surface area contributed by atoms with E-state index in [0.717, 1.165) is 29.2 Å². The van der Waals surface area contributed by atoms with Gasteiger partial charge >= 0.3 is 0 Å². The van der Waals surface area contributed by atoms with Crippen LogP contribution in [0, 0.1) is 5.92 Å². The molecule has 138 valence electrons. The van der Waals surface area contributed by atoms with Gasteiger partial charge in [0.1, 0.15) is 11.0 Å². The molecule has 1 aliphatic heterocycles. The van der Waals surface area contributed by atoms with Crippen molar-refractivity contribution >= 4 is 45.9 Å². The Labute approximate surface area is 164 Å². The van der Waals surface area contributed by atoms with E-state index in [1.807, 2.05) is 21.9 Å². The Balaban J connectivity index is 1.20. The fourth-order valence-corrected chi connectivity index (χ4v) is 5.17. The summed E-state index contributed by atoms with van der Waals surface area (Å²) in [6, 6.07) is 9.61. The Kier molecular flexibility index (Phi) is 4.17. The molecule has 0 spiro atoms. The molecule has 6 nitrogen and oxygen atoms in total.